The molecule has 0 unspecified atom stereocenters. The smallest absolute Gasteiger partial charge is 0.163 e. The minimum absolute atomic E-state index is 0.410. The molecular weight excluding hydrogens is 248 g/mol. The second-order valence-corrected chi connectivity index (χ2v) is 4.10. The van der Waals surface area contributed by atoms with Gasteiger partial charge in [0.25, 0.3) is 0 Å². The Kier molecular flexibility index (Phi) is 2.78. The first-order chi connectivity index (χ1) is 8.83. The maximum Gasteiger partial charge on any atom is 0.163 e. The number of imidazole rings is 1. The zero-order chi connectivity index (χ0) is 12.4. The van der Waals surface area contributed by atoms with E-state index in [0.717, 1.165) is 5.56 Å². The van der Waals surface area contributed by atoms with Gasteiger partial charge in [-0.1, -0.05) is 41.9 Å². The molecule has 3 rings (SSSR count). The van der Waals surface area contributed by atoms with Crippen LogP contribution in [0.25, 0.3) is 17.2 Å². The molecule has 0 aliphatic carbocycles. The molecule has 0 bridgehead atoms. The summed E-state index contributed by atoms with van der Waals surface area (Å²) in [6.45, 7) is 0. The Morgan fingerprint density at radius 3 is 2.61 bits per heavy atom. The van der Waals surface area contributed by atoms with Crippen molar-refractivity contribution in [3.63, 3.8) is 0 Å². The van der Waals surface area contributed by atoms with E-state index in [1.165, 1.54) is 0 Å². The van der Waals surface area contributed by atoms with E-state index in [0.29, 0.717) is 16.8 Å². The summed E-state index contributed by atoms with van der Waals surface area (Å²) in [4.78, 5) is 12.7. The first-order valence-corrected chi connectivity index (χ1v) is 5.79. The molecule has 0 amide bonds. The maximum atomic E-state index is 6.03. The van der Waals surface area contributed by atoms with Crippen molar-refractivity contribution in [2.24, 2.45) is 0 Å². The minimum Gasteiger partial charge on any atom is -0.290 e. The van der Waals surface area contributed by atoms with Crippen molar-refractivity contribution in [1.82, 2.24) is 19.5 Å². The molecule has 18 heavy (non-hydrogen) atoms. The number of hydrogen-bond acceptors (Lipinski definition) is 3. The summed E-state index contributed by atoms with van der Waals surface area (Å²) in [6.07, 6.45) is 5.18. The lowest BCUT2D eigenvalue weighted by Gasteiger charge is -2.05. The molecule has 0 saturated carbocycles. The van der Waals surface area contributed by atoms with Gasteiger partial charge < -0.3 is 0 Å². The van der Waals surface area contributed by atoms with Gasteiger partial charge in [0.15, 0.2) is 5.82 Å². The monoisotopic (exact) mass is 256 g/mol. The molecule has 0 aliphatic heterocycles. The second kappa shape index (κ2) is 4.58. The molecule has 1 aromatic carbocycles. The first kappa shape index (κ1) is 10.9. The van der Waals surface area contributed by atoms with Crippen molar-refractivity contribution < 1.29 is 0 Å². The molecular formula is C13H9ClN4. The highest BCUT2D eigenvalue weighted by Gasteiger charge is 2.06. The molecule has 0 atom stereocenters. The molecule has 0 fully saturated rings. The van der Waals surface area contributed by atoms with Gasteiger partial charge >= 0.3 is 0 Å². The maximum absolute atomic E-state index is 6.03. The Labute approximate surface area is 109 Å². The van der Waals surface area contributed by atoms with Gasteiger partial charge in [0.1, 0.15) is 17.3 Å². The molecule has 2 heterocycles. The molecule has 5 heteroatoms. The highest BCUT2D eigenvalue weighted by molar-refractivity contribution is 6.29. The fourth-order valence-corrected chi connectivity index (χ4v) is 1.83. The fourth-order valence-electron chi connectivity index (χ4n) is 1.65. The summed E-state index contributed by atoms with van der Waals surface area (Å²) >= 11 is 6.03. The van der Waals surface area contributed by atoms with E-state index >= 15 is 0 Å². The molecule has 0 spiro atoms. The summed E-state index contributed by atoms with van der Waals surface area (Å²) in [5.74, 6) is 1.30. The van der Waals surface area contributed by atoms with Crippen LogP contribution >= 0.6 is 11.6 Å². The number of nitrogens with zero attached hydrogens (tertiary/aromatic N) is 4. The average Bonchev–Trinajstić information content (AvgIpc) is 2.93. The van der Waals surface area contributed by atoms with E-state index in [4.69, 9.17) is 11.6 Å². The highest BCUT2D eigenvalue weighted by Crippen LogP contribution is 2.19. The van der Waals surface area contributed by atoms with Gasteiger partial charge in [0.2, 0.25) is 0 Å². The summed E-state index contributed by atoms with van der Waals surface area (Å²) in [7, 11) is 0. The zero-order valence-corrected chi connectivity index (χ0v) is 10.1. The lowest BCUT2D eigenvalue weighted by atomic mass is 10.2. The van der Waals surface area contributed by atoms with Crippen LogP contribution in [0.15, 0.2) is 55.1 Å². The van der Waals surface area contributed by atoms with Crippen LogP contribution in [0.4, 0.5) is 0 Å². The normalized spacial score (nSPS) is 10.5. The van der Waals surface area contributed by atoms with Gasteiger partial charge in [0.05, 0.1) is 0 Å². The lowest BCUT2D eigenvalue weighted by molar-refractivity contribution is 0.976. The van der Waals surface area contributed by atoms with Crippen molar-refractivity contribution in [1.29, 1.82) is 0 Å². The van der Waals surface area contributed by atoms with Crippen molar-refractivity contribution >= 4 is 11.6 Å². The van der Waals surface area contributed by atoms with E-state index in [9.17, 15) is 0 Å². The molecule has 0 aliphatic rings. The summed E-state index contributed by atoms with van der Waals surface area (Å²) in [5, 5.41) is 0.410. The van der Waals surface area contributed by atoms with E-state index in [2.05, 4.69) is 15.0 Å². The largest absolute Gasteiger partial charge is 0.290 e. The summed E-state index contributed by atoms with van der Waals surface area (Å²) in [5.41, 5.74) is 0.932. The Hall–Kier alpha value is -2.20. The van der Waals surface area contributed by atoms with E-state index in [1.807, 2.05) is 36.5 Å². The van der Waals surface area contributed by atoms with Gasteiger partial charge in [-0.2, -0.15) is 0 Å². The molecule has 2 aromatic heterocycles. The zero-order valence-electron chi connectivity index (χ0n) is 9.36. The number of hydrogen-bond donors (Lipinski definition) is 0. The standard InChI is InChI=1S/C13H9ClN4/c14-11-8-12(18-7-6-15-9-18)17-13(16-11)10-4-2-1-3-5-10/h1-9H. The predicted molar refractivity (Wildman–Crippen MR) is 69.6 cm³/mol. The third-order valence-electron chi connectivity index (χ3n) is 2.48. The molecule has 4 nitrogen and oxygen atoms in total. The van der Waals surface area contributed by atoms with Gasteiger partial charge in [-0.25, -0.2) is 15.0 Å². The fraction of sp³-hybridized carbons (Fsp3) is 0. The molecule has 3 aromatic rings. The highest BCUT2D eigenvalue weighted by atomic mass is 35.5. The number of benzene rings is 1. The van der Waals surface area contributed by atoms with Crippen LogP contribution in [0, 0.1) is 0 Å². The van der Waals surface area contributed by atoms with Crippen molar-refractivity contribution in [3.8, 4) is 17.2 Å². The number of halogens is 1. The van der Waals surface area contributed by atoms with Crippen molar-refractivity contribution in [2.75, 3.05) is 0 Å². The van der Waals surface area contributed by atoms with Crippen LogP contribution in [0.1, 0.15) is 0 Å². The molecule has 0 radical (unpaired) electrons. The Balaban J connectivity index is 2.12. The summed E-state index contributed by atoms with van der Waals surface area (Å²) in [6, 6.07) is 11.4. The Morgan fingerprint density at radius 1 is 1.06 bits per heavy atom. The van der Waals surface area contributed by atoms with Crippen molar-refractivity contribution in [3.05, 3.63) is 60.3 Å². The van der Waals surface area contributed by atoms with Crippen LogP contribution in [0.3, 0.4) is 0 Å². The first-order valence-electron chi connectivity index (χ1n) is 5.41. The third kappa shape index (κ3) is 2.10. The van der Waals surface area contributed by atoms with E-state index < -0.39 is 0 Å². The van der Waals surface area contributed by atoms with Crippen LogP contribution < -0.4 is 0 Å². The number of aromatic nitrogens is 4. The van der Waals surface area contributed by atoms with Crippen LogP contribution in [0.5, 0.6) is 0 Å². The Bertz CT molecular complexity index is 650. The molecule has 0 saturated heterocycles. The lowest BCUT2D eigenvalue weighted by Crippen LogP contribution is -1.98. The topological polar surface area (TPSA) is 43.6 Å². The third-order valence-corrected chi connectivity index (χ3v) is 2.68. The van der Waals surface area contributed by atoms with Crippen LogP contribution in [0.2, 0.25) is 5.15 Å². The van der Waals surface area contributed by atoms with Gasteiger partial charge in [0, 0.05) is 24.0 Å². The van der Waals surface area contributed by atoms with Crippen LogP contribution in [-0.4, -0.2) is 19.5 Å². The molecule has 88 valence electrons. The van der Waals surface area contributed by atoms with E-state index in [-0.39, 0.29) is 0 Å². The van der Waals surface area contributed by atoms with Crippen LogP contribution in [-0.2, 0) is 0 Å². The van der Waals surface area contributed by atoms with E-state index in [1.54, 1.807) is 23.2 Å². The SMILES string of the molecule is Clc1cc(-n2ccnc2)nc(-c2ccccc2)n1. The van der Waals surface area contributed by atoms with Gasteiger partial charge in [-0.3, -0.25) is 4.57 Å². The second-order valence-electron chi connectivity index (χ2n) is 3.71. The van der Waals surface area contributed by atoms with Crippen molar-refractivity contribution in [2.45, 2.75) is 0 Å². The number of rotatable bonds is 2. The van der Waals surface area contributed by atoms with Gasteiger partial charge in [-0.15, -0.1) is 0 Å². The molecule has 0 N–H and O–H groups in total. The Morgan fingerprint density at radius 2 is 1.89 bits per heavy atom. The summed E-state index contributed by atoms with van der Waals surface area (Å²) < 4.78 is 1.79. The minimum atomic E-state index is 0.410. The van der Waals surface area contributed by atoms with Gasteiger partial charge in [-0.05, 0) is 0 Å². The predicted octanol–water partition coefficient (Wildman–Crippen LogP) is 2.98. The quantitative estimate of drug-likeness (QED) is 0.662. The average molecular weight is 257 g/mol.